The van der Waals surface area contributed by atoms with Crippen LogP contribution in [0.1, 0.15) is 24.4 Å². The van der Waals surface area contributed by atoms with E-state index in [1.807, 2.05) is 6.92 Å². The lowest BCUT2D eigenvalue weighted by Gasteiger charge is -2.37. The van der Waals surface area contributed by atoms with E-state index in [0.29, 0.717) is 13.1 Å². The van der Waals surface area contributed by atoms with Gasteiger partial charge in [0, 0.05) is 13.1 Å². The first-order valence-electron chi connectivity index (χ1n) is 6.90. The van der Waals surface area contributed by atoms with Gasteiger partial charge < -0.3 is 24.5 Å². The fraction of sp³-hybridized carbons (Fsp3) is 0.571. The van der Waals surface area contributed by atoms with Crippen LogP contribution in [-0.2, 0) is 9.53 Å². The van der Waals surface area contributed by atoms with E-state index >= 15 is 0 Å². The fourth-order valence-electron chi connectivity index (χ4n) is 2.34. The van der Waals surface area contributed by atoms with E-state index in [-0.39, 0.29) is 30.5 Å². The highest BCUT2D eigenvalue weighted by molar-refractivity contribution is 5.95. The maximum atomic E-state index is 12.4. The zero-order valence-electron chi connectivity index (χ0n) is 12.1. The summed E-state index contributed by atoms with van der Waals surface area (Å²) in [7, 11) is 0. The molecule has 0 aromatic carbocycles. The molecule has 1 aliphatic heterocycles. The van der Waals surface area contributed by atoms with Crippen molar-refractivity contribution in [1.29, 1.82) is 0 Å². The topological polar surface area (TPSA) is 92.0 Å². The molecule has 116 valence electrons. The molecule has 2 heterocycles. The summed E-state index contributed by atoms with van der Waals surface area (Å²) < 4.78 is 10.5. The van der Waals surface area contributed by atoms with Gasteiger partial charge in [-0.2, -0.15) is 0 Å². The third-order valence-corrected chi connectivity index (χ3v) is 3.30. The monoisotopic (exact) mass is 296 g/mol. The number of nitrogens with zero attached hydrogens (tertiary/aromatic N) is 1. The summed E-state index contributed by atoms with van der Waals surface area (Å²) in [5, 5.41) is 11.8. The number of aliphatic hydroxyl groups is 1. The smallest absolute Gasteiger partial charge is 0.287 e. The highest BCUT2D eigenvalue weighted by Crippen LogP contribution is 2.12. The first kappa shape index (κ1) is 15.5. The Morgan fingerprint density at radius 1 is 1.52 bits per heavy atom. The minimum absolute atomic E-state index is 0.138. The Bertz CT molecular complexity index is 488. The van der Waals surface area contributed by atoms with Crippen LogP contribution in [0.2, 0.25) is 0 Å². The van der Waals surface area contributed by atoms with Crippen molar-refractivity contribution in [2.45, 2.75) is 32.1 Å². The van der Waals surface area contributed by atoms with Gasteiger partial charge in [0.05, 0.1) is 25.1 Å². The Morgan fingerprint density at radius 3 is 2.90 bits per heavy atom. The largest absolute Gasteiger partial charge is 0.459 e. The SMILES string of the molecule is CC1CN(C(=O)C(C)NC(=O)c2ccco2)CC(CO)O1. The number of ether oxygens (including phenoxy) is 1. The quantitative estimate of drug-likeness (QED) is 0.816. The second-order valence-corrected chi connectivity index (χ2v) is 5.17. The van der Waals surface area contributed by atoms with E-state index in [2.05, 4.69) is 5.32 Å². The van der Waals surface area contributed by atoms with Gasteiger partial charge in [0.1, 0.15) is 6.04 Å². The summed E-state index contributed by atoms with van der Waals surface area (Å²) in [6.07, 6.45) is 0.871. The molecule has 3 unspecified atom stereocenters. The number of morpholine rings is 1. The molecule has 0 saturated carbocycles. The molecule has 3 atom stereocenters. The zero-order valence-corrected chi connectivity index (χ0v) is 12.1. The molecule has 2 amide bonds. The van der Waals surface area contributed by atoms with Gasteiger partial charge in [-0.15, -0.1) is 0 Å². The Labute approximate surface area is 122 Å². The van der Waals surface area contributed by atoms with Crippen molar-refractivity contribution in [2.75, 3.05) is 19.7 Å². The minimum atomic E-state index is -0.674. The maximum Gasteiger partial charge on any atom is 0.287 e. The molecule has 0 bridgehead atoms. The van der Waals surface area contributed by atoms with E-state index in [1.54, 1.807) is 17.9 Å². The lowest BCUT2D eigenvalue weighted by molar-refractivity contribution is -0.148. The highest BCUT2D eigenvalue weighted by Gasteiger charge is 2.31. The van der Waals surface area contributed by atoms with Gasteiger partial charge in [0.25, 0.3) is 5.91 Å². The predicted octanol–water partition coefficient (Wildman–Crippen LogP) is 0.00610. The van der Waals surface area contributed by atoms with Crippen molar-refractivity contribution in [3.8, 4) is 0 Å². The van der Waals surface area contributed by atoms with E-state index in [0.717, 1.165) is 0 Å². The Kier molecular flexibility index (Phi) is 4.98. The molecule has 1 fully saturated rings. The first-order valence-corrected chi connectivity index (χ1v) is 6.90. The fourth-order valence-corrected chi connectivity index (χ4v) is 2.34. The molecule has 0 aliphatic carbocycles. The molecule has 1 aliphatic rings. The molecule has 1 aromatic heterocycles. The number of amides is 2. The van der Waals surface area contributed by atoms with Gasteiger partial charge in [0.2, 0.25) is 5.91 Å². The number of carbonyl (C=O) groups excluding carboxylic acids is 2. The summed E-state index contributed by atoms with van der Waals surface area (Å²) in [6.45, 7) is 4.09. The summed E-state index contributed by atoms with van der Waals surface area (Å²) in [5.41, 5.74) is 0. The molecule has 7 nitrogen and oxygen atoms in total. The summed E-state index contributed by atoms with van der Waals surface area (Å²) in [4.78, 5) is 25.8. The van der Waals surface area contributed by atoms with Gasteiger partial charge in [-0.1, -0.05) is 0 Å². The van der Waals surface area contributed by atoms with Crippen LogP contribution in [0.5, 0.6) is 0 Å². The van der Waals surface area contributed by atoms with Gasteiger partial charge in [0.15, 0.2) is 5.76 Å². The van der Waals surface area contributed by atoms with Crippen LogP contribution in [0.3, 0.4) is 0 Å². The van der Waals surface area contributed by atoms with Gasteiger partial charge in [-0.05, 0) is 26.0 Å². The number of furan rings is 1. The standard InChI is InChI=1S/C14H20N2O5/c1-9-6-16(7-11(8-17)21-9)14(19)10(2)15-13(18)12-4-3-5-20-12/h3-5,9-11,17H,6-8H2,1-2H3,(H,15,18). The van der Waals surface area contributed by atoms with Crippen LogP contribution >= 0.6 is 0 Å². The van der Waals surface area contributed by atoms with Crippen LogP contribution in [0.4, 0.5) is 0 Å². The van der Waals surface area contributed by atoms with Gasteiger partial charge in [-0.3, -0.25) is 9.59 Å². The third-order valence-electron chi connectivity index (χ3n) is 3.30. The van der Waals surface area contributed by atoms with Crippen molar-refractivity contribution in [3.63, 3.8) is 0 Å². The number of carbonyl (C=O) groups is 2. The molecule has 21 heavy (non-hydrogen) atoms. The van der Waals surface area contributed by atoms with E-state index in [1.165, 1.54) is 12.3 Å². The molecular formula is C14H20N2O5. The summed E-state index contributed by atoms with van der Waals surface area (Å²) in [6, 6.07) is 2.47. The Hall–Kier alpha value is -1.86. The van der Waals surface area contributed by atoms with Gasteiger partial charge >= 0.3 is 0 Å². The van der Waals surface area contributed by atoms with Crippen LogP contribution in [-0.4, -0.2) is 59.8 Å². The van der Waals surface area contributed by atoms with Crippen molar-refractivity contribution in [2.24, 2.45) is 0 Å². The molecule has 7 heteroatoms. The average molecular weight is 296 g/mol. The summed E-state index contributed by atoms with van der Waals surface area (Å²) in [5.74, 6) is -0.470. The van der Waals surface area contributed by atoms with E-state index in [4.69, 9.17) is 9.15 Å². The minimum Gasteiger partial charge on any atom is -0.459 e. The lowest BCUT2D eigenvalue weighted by atomic mass is 10.2. The number of hydrogen-bond donors (Lipinski definition) is 2. The molecule has 2 rings (SSSR count). The van der Waals surface area contributed by atoms with E-state index < -0.39 is 11.9 Å². The van der Waals surface area contributed by atoms with Crippen molar-refractivity contribution in [1.82, 2.24) is 10.2 Å². The number of rotatable bonds is 4. The summed E-state index contributed by atoms with van der Waals surface area (Å²) >= 11 is 0. The number of aliphatic hydroxyl groups excluding tert-OH is 1. The first-order chi connectivity index (χ1) is 10.0. The van der Waals surface area contributed by atoms with Crippen LogP contribution in [0, 0.1) is 0 Å². The van der Waals surface area contributed by atoms with Crippen LogP contribution in [0.15, 0.2) is 22.8 Å². The van der Waals surface area contributed by atoms with Gasteiger partial charge in [-0.25, -0.2) is 0 Å². The van der Waals surface area contributed by atoms with E-state index in [9.17, 15) is 14.7 Å². The Balaban J connectivity index is 1.94. The molecule has 0 radical (unpaired) electrons. The molecule has 0 spiro atoms. The number of hydrogen-bond acceptors (Lipinski definition) is 5. The Morgan fingerprint density at radius 2 is 2.29 bits per heavy atom. The lowest BCUT2D eigenvalue weighted by Crippen LogP contribution is -2.55. The van der Waals surface area contributed by atoms with Crippen molar-refractivity contribution >= 4 is 11.8 Å². The molecule has 1 aromatic rings. The third kappa shape index (κ3) is 3.83. The second-order valence-electron chi connectivity index (χ2n) is 5.17. The van der Waals surface area contributed by atoms with Crippen molar-refractivity contribution in [3.05, 3.63) is 24.2 Å². The van der Waals surface area contributed by atoms with Crippen LogP contribution in [0.25, 0.3) is 0 Å². The zero-order chi connectivity index (χ0) is 15.4. The number of nitrogens with one attached hydrogen (secondary N) is 1. The highest BCUT2D eigenvalue weighted by atomic mass is 16.5. The maximum absolute atomic E-state index is 12.4. The average Bonchev–Trinajstić information content (AvgIpc) is 2.99. The predicted molar refractivity (Wildman–Crippen MR) is 73.6 cm³/mol. The molecular weight excluding hydrogens is 276 g/mol. The normalized spacial score (nSPS) is 23.7. The molecule has 1 saturated heterocycles. The second kappa shape index (κ2) is 6.73. The van der Waals surface area contributed by atoms with Crippen molar-refractivity contribution < 1.29 is 23.8 Å². The van der Waals surface area contributed by atoms with Crippen LogP contribution < -0.4 is 5.32 Å². The molecule has 2 N–H and O–H groups in total.